The van der Waals surface area contributed by atoms with Crippen LogP contribution in [-0.2, 0) is 7.05 Å². The minimum atomic E-state index is -0.0265. The Balaban J connectivity index is 1.99. The van der Waals surface area contributed by atoms with Gasteiger partial charge in [0.2, 0.25) is 5.78 Å². The van der Waals surface area contributed by atoms with Crippen molar-refractivity contribution in [3.63, 3.8) is 0 Å². The predicted molar refractivity (Wildman–Crippen MR) is 69.4 cm³/mol. The second kappa shape index (κ2) is 5.19. The van der Waals surface area contributed by atoms with Gasteiger partial charge in [-0.2, -0.15) is 0 Å². The van der Waals surface area contributed by atoms with E-state index >= 15 is 0 Å². The third kappa shape index (κ3) is 2.97. The van der Waals surface area contributed by atoms with E-state index in [4.69, 9.17) is 4.74 Å². The van der Waals surface area contributed by atoms with E-state index < -0.39 is 0 Å². The molecule has 2 aromatic rings. The van der Waals surface area contributed by atoms with Gasteiger partial charge in [0.25, 0.3) is 0 Å². The highest BCUT2D eigenvalue weighted by atomic mass is 79.9. The van der Waals surface area contributed by atoms with Gasteiger partial charge in [-0.1, -0.05) is 12.1 Å². The average Bonchev–Trinajstić information content (AvgIpc) is 2.74. The van der Waals surface area contributed by atoms with Gasteiger partial charge in [0, 0.05) is 25.0 Å². The van der Waals surface area contributed by atoms with Gasteiger partial charge in [-0.05, 0) is 34.1 Å². The molecule has 0 spiro atoms. The number of carbonyl (C=O) groups excluding carboxylic acids is 1. The molecular weight excluding hydrogens is 282 g/mol. The predicted octanol–water partition coefficient (Wildman–Crippen LogP) is 3.05. The van der Waals surface area contributed by atoms with Crippen LogP contribution in [0.3, 0.4) is 0 Å². The standard InChI is InChI=1S/C13H12BrNO2/c1-15-7-6-10(8-15)12(16)9-17-13-5-3-2-4-11(13)14/h2-8H,9H2,1H3. The monoisotopic (exact) mass is 293 g/mol. The molecular formula is C13H12BrNO2. The summed E-state index contributed by atoms with van der Waals surface area (Å²) < 4.78 is 8.14. The first-order chi connectivity index (χ1) is 8.16. The first-order valence-corrected chi connectivity index (χ1v) is 5.98. The lowest BCUT2D eigenvalue weighted by atomic mass is 10.2. The van der Waals surface area contributed by atoms with Crippen LogP contribution < -0.4 is 4.74 Å². The maximum atomic E-state index is 11.8. The molecule has 0 N–H and O–H groups in total. The zero-order valence-corrected chi connectivity index (χ0v) is 11.0. The second-order valence-corrected chi connectivity index (χ2v) is 4.56. The number of para-hydroxylation sites is 1. The van der Waals surface area contributed by atoms with Crippen LogP contribution in [0.25, 0.3) is 0 Å². The van der Waals surface area contributed by atoms with Crippen molar-refractivity contribution in [3.8, 4) is 5.75 Å². The third-order valence-electron chi connectivity index (χ3n) is 2.35. The fourth-order valence-electron chi connectivity index (χ4n) is 1.46. The molecule has 1 aromatic heterocycles. The van der Waals surface area contributed by atoms with E-state index in [1.807, 2.05) is 42.1 Å². The van der Waals surface area contributed by atoms with Crippen molar-refractivity contribution < 1.29 is 9.53 Å². The van der Waals surface area contributed by atoms with Gasteiger partial charge in [-0.25, -0.2) is 0 Å². The molecule has 0 aliphatic heterocycles. The minimum absolute atomic E-state index is 0.0265. The molecule has 0 saturated heterocycles. The number of rotatable bonds is 4. The summed E-state index contributed by atoms with van der Waals surface area (Å²) in [5.41, 5.74) is 0.666. The van der Waals surface area contributed by atoms with Crippen LogP contribution in [0.4, 0.5) is 0 Å². The summed E-state index contributed by atoms with van der Waals surface area (Å²) in [5.74, 6) is 0.651. The Morgan fingerprint density at radius 3 is 2.76 bits per heavy atom. The fourth-order valence-corrected chi connectivity index (χ4v) is 1.86. The second-order valence-electron chi connectivity index (χ2n) is 3.71. The van der Waals surface area contributed by atoms with Gasteiger partial charge in [-0.3, -0.25) is 4.79 Å². The fraction of sp³-hybridized carbons (Fsp3) is 0.154. The highest BCUT2D eigenvalue weighted by molar-refractivity contribution is 9.10. The normalized spacial score (nSPS) is 10.2. The number of ketones is 1. The third-order valence-corrected chi connectivity index (χ3v) is 3.00. The number of aryl methyl sites for hydroxylation is 1. The lowest BCUT2D eigenvalue weighted by Gasteiger charge is -2.06. The summed E-state index contributed by atoms with van der Waals surface area (Å²) in [7, 11) is 1.88. The lowest BCUT2D eigenvalue weighted by molar-refractivity contribution is 0.0921. The number of Topliss-reactive ketones (excluding diaryl/α,β-unsaturated/α-hetero) is 1. The van der Waals surface area contributed by atoms with Crippen molar-refractivity contribution in [2.45, 2.75) is 0 Å². The molecule has 0 saturated carbocycles. The van der Waals surface area contributed by atoms with Crippen molar-refractivity contribution in [2.75, 3.05) is 6.61 Å². The van der Waals surface area contributed by atoms with Crippen molar-refractivity contribution in [2.24, 2.45) is 7.05 Å². The zero-order chi connectivity index (χ0) is 12.3. The molecule has 0 atom stereocenters. The SMILES string of the molecule is Cn1ccc(C(=O)COc2ccccc2Br)c1. The van der Waals surface area contributed by atoms with Crippen LogP contribution in [0.5, 0.6) is 5.75 Å². The largest absolute Gasteiger partial charge is 0.484 e. The van der Waals surface area contributed by atoms with Gasteiger partial charge >= 0.3 is 0 Å². The van der Waals surface area contributed by atoms with Crippen molar-refractivity contribution >= 4 is 21.7 Å². The molecule has 4 heteroatoms. The van der Waals surface area contributed by atoms with Gasteiger partial charge in [0.15, 0.2) is 6.61 Å². The number of nitrogens with zero attached hydrogens (tertiary/aromatic N) is 1. The number of ether oxygens (including phenoxy) is 1. The number of hydrogen-bond acceptors (Lipinski definition) is 2. The van der Waals surface area contributed by atoms with Crippen LogP contribution in [0.15, 0.2) is 47.2 Å². The molecule has 3 nitrogen and oxygen atoms in total. The molecule has 0 radical (unpaired) electrons. The average molecular weight is 294 g/mol. The van der Waals surface area contributed by atoms with Crippen LogP contribution >= 0.6 is 15.9 Å². The Morgan fingerprint density at radius 2 is 2.12 bits per heavy atom. The highest BCUT2D eigenvalue weighted by Gasteiger charge is 2.08. The van der Waals surface area contributed by atoms with Crippen molar-refractivity contribution in [3.05, 3.63) is 52.8 Å². The summed E-state index contributed by atoms with van der Waals surface area (Å²) in [5, 5.41) is 0. The topological polar surface area (TPSA) is 31.2 Å². The van der Waals surface area contributed by atoms with E-state index in [-0.39, 0.29) is 12.4 Å². The van der Waals surface area contributed by atoms with E-state index in [0.717, 1.165) is 4.47 Å². The Labute approximate surface area is 108 Å². The number of carbonyl (C=O) groups is 1. The summed E-state index contributed by atoms with van der Waals surface area (Å²) in [6, 6.07) is 9.25. The Bertz CT molecular complexity index is 534. The maximum absolute atomic E-state index is 11.8. The Hall–Kier alpha value is -1.55. The molecule has 0 unspecified atom stereocenters. The van der Waals surface area contributed by atoms with Crippen molar-refractivity contribution in [1.29, 1.82) is 0 Å². The Kier molecular flexibility index (Phi) is 3.64. The molecule has 0 amide bonds. The summed E-state index contributed by atoms with van der Waals surface area (Å²) >= 11 is 3.37. The van der Waals surface area contributed by atoms with Crippen LogP contribution in [0.1, 0.15) is 10.4 Å². The van der Waals surface area contributed by atoms with E-state index in [0.29, 0.717) is 11.3 Å². The highest BCUT2D eigenvalue weighted by Crippen LogP contribution is 2.23. The molecule has 88 valence electrons. The van der Waals surface area contributed by atoms with E-state index in [1.54, 1.807) is 12.3 Å². The summed E-state index contributed by atoms with van der Waals surface area (Å²) in [6.45, 7) is 0.0482. The van der Waals surface area contributed by atoms with Gasteiger partial charge < -0.3 is 9.30 Å². The number of benzene rings is 1. The molecule has 0 bridgehead atoms. The lowest BCUT2D eigenvalue weighted by Crippen LogP contribution is -2.11. The molecule has 0 fully saturated rings. The molecule has 1 aromatic carbocycles. The van der Waals surface area contributed by atoms with Crippen molar-refractivity contribution in [1.82, 2.24) is 4.57 Å². The van der Waals surface area contributed by atoms with E-state index in [9.17, 15) is 4.79 Å². The van der Waals surface area contributed by atoms with Gasteiger partial charge in [-0.15, -0.1) is 0 Å². The number of hydrogen-bond donors (Lipinski definition) is 0. The summed E-state index contributed by atoms with van der Waals surface area (Å²) in [4.78, 5) is 11.8. The van der Waals surface area contributed by atoms with Gasteiger partial charge in [0.1, 0.15) is 5.75 Å². The number of halogens is 1. The smallest absolute Gasteiger partial charge is 0.201 e. The quantitative estimate of drug-likeness (QED) is 0.812. The van der Waals surface area contributed by atoms with Crippen LogP contribution in [0.2, 0.25) is 0 Å². The molecule has 0 aliphatic carbocycles. The summed E-state index contributed by atoms with van der Waals surface area (Å²) in [6.07, 6.45) is 3.62. The first-order valence-electron chi connectivity index (χ1n) is 5.19. The minimum Gasteiger partial charge on any atom is -0.484 e. The Morgan fingerprint density at radius 1 is 1.35 bits per heavy atom. The molecule has 2 rings (SSSR count). The number of aromatic nitrogens is 1. The zero-order valence-electron chi connectivity index (χ0n) is 9.39. The van der Waals surface area contributed by atoms with Crippen LogP contribution in [-0.4, -0.2) is 17.0 Å². The molecule has 1 heterocycles. The van der Waals surface area contributed by atoms with E-state index in [2.05, 4.69) is 15.9 Å². The van der Waals surface area contributed by atoms with Crippen LogP contribution in [0, 0.1) is 0 Å². The van der Waals surface area contributed by atoms with Gasteiger partial charge in [0.05, 0.1) is 4.47 Å². The van der Waals surface area contributed by atoms with E-state index in [1.165, 1.54) is 0 Å². The first kappa shape index (κ1) is 11.9. The maximum Gasteiger partial charge on any atom is 0.201 e. The molecule has 0 aliphatic rings. The molecule has 17 heavy (non-hydrogen) atoms.